The number of nitrogens with one attached hydrogen (secondary N) is 2. The lowest BCUT2D eigenvalue weighted by Crippen LogP contribution is -2.44. The zero-order valence-corrected chi connectivity index (χ0v) is 16.4. The fourth-order valence-corrected chi connectivity index (χ4v) is 2.56. The molecule has 0 amide bonds. The number of ether oxygens (including phenoxy) is 1. The van der Waals surface area contributed by atoms with Gasteiger partial charge in [0.15, 0.2) is 5.96 Å². The van der Waals surface area contributed by atoms with E-state index in [0.29, 0.717) is 12.5 Å². The molecule has 0 saturated carbocycles. The largest absolute Gasteiger partial charge is 0.380 e. The SMILES string of the molecule is CN=C(NCCOCCC(C)C)NC(C)Cc1c(C)nn(C)c1C. The molecule has 1 unspecified atom stereocenters. The quantitative estimate of drug-likeness (QED) is 0.412. The molecule has 24 heavy (non-hydrogen) atoms. The molecule has 1 aromatic rings. The van der Waals surface area contributed by atoms with E-state index in [-0.39, 0.29) is 6.04 Å². The van der Waals surface area contributed by atoms with Crippen LogP contribution in [0.2, 0.25) is 0 Å². The zero-order chi connectivity index (χ0) is 18.1. The normalized spacial score (nSPS) is 13.4. The topological polar surface area (TPSA) is 63.5 Å². The van der Waals surface area contributed by atoms with Gasteiger partial charge >= 0.3 is 0 Å². The Morgan fingerprint density at radius 1 is 1.25 bits per heavy atom. The summed E-state index contributed by atoms with van der Waals surface area (Å²) in [5.41, 5.74) is 3.64. The van der Waals surface area contributed by atoms with Crippen molar-refractivity contribution < 1.29 is 4.74 Å². The Balaban J connectivity index is 2.34. The van der Waals surface area contributed by atoms with Gasteiger partial charge in [-0.3, -0.25) is 9.67 Å². The summed E-state index contributed by atoms with van der Waals surface area (Å²) in [5, 5.41) is 11.2. The van der Waals surface area contributed by atoms with Crippen LogP contribution in [0.1, 0.15) is 44.1 Å². The molecule has 6 heteroatoms. The molecular weight excluding hydrogens is 302 g/mol. The van der Waals surface area contributed by atoms with Crippen molar-refractivity contribution in [2.75, 3.05) is 26.8 Å². The van der Waals surface area contributed by atoms with Gasteiger partial charge in [0.1, 0.15) is 0 Å². The fourth-order valence-electron chi connectivity index (χ4n) is 2.56. The highest BCUT2D eigenvalue weighted by Crippen LogP contribution is 2.14. The first kappa shape index (κ1) is 20.5. The Bertz CT molecular complexity index is 522. The van der Waals surface area contributed by atoms with Gasteiger partial charge in [-0.25, -0.2) is 0 Å². The van der Waals surface area contributed by atoms with Crippen LogP contribution in [0.25, 0.3) is 0 Å². The number of guanidine groups is 1. The average Bonchev–Trinajstić information content (AvgIpc) is 2.75. The number of hydrogen-bond donors (Lipinski definition) is 2. The molecule has 0 bridgehead atoms. The first-order valence-corrected chi connectivity index (χ1v) is 8.89. The van der Waals surface area contributed by atoms with E-state index in [0.717, 1.165) is 37.6 Å². The van der Waals surface area contributed by atoms with Crippen molar-refractivity contribution in [2.24, 2.45) is 18.0 Å². The van der Waals surface area contributed by atoms with Gasteiger partial charge in [-0.15, -0.1) is 0 Å². The van der Waals surface area contributed by atoms with Crippen LogP contribution in [0, 0.1) is 19.8 Å². The van der Waals surface area contributed by atoms with Crippen LogP contribution >= 0.6 is 0 Å². The molecule has 0 radical (unpaired) electrons. The van der Waals surface area contributed by atoms with Crippen LogP contribution < -0.4 is 10.6 Å². The van der Waals surface area contributed by atoms with Crippen molar-refractivity contribution in [3.8, 4) is 0 Å². The van der Waals surface area contributed by atoms with Crippen molar-refractivity contribution in [3.63, 3.8) is 0 Å². The molecule has 0 aliphatic carbocycles. The molecule has 0 aliphatic heterocycles. The Labute approximate surface area is 147 Å². The minimum Gasteiger partial charge on any atom is -0.380 e. The maximum absolute atomic E-state index is 5.62. The molecule has 1 heterocycles. The Morgan fingerprint density at radius 3 is 2.50 bits per heavy atom. The van der Waals surface area contributed by atoms with E-state index in [1.807, 2.05) is 11.7 Å². The lowest BCUT2D eigenvalue weighted by atomic mass is 10.1. The van der Waals surface area contributed by atoms with Crippen molar-refractivity contribution >= 4 is 5.96 Å². The Morgan fingerprint density at radius 2 is 1.96 bits per heavy atom. The summed E-state index contributed by atoms with van der Waals surface area (Å²) in [6, 6.07) is 0.277. The molecule has 6 nitrogen and oxygen atoms in total. The zero-order valence-electron chi connectivity index (χ0n) is 16.4. The summed E-state index contributed by atoms with van der Waals surface area (Å²) in [4.78, 5) is 4.28. The number of aryl methyl sites for hydroxylation is 2. The molecule has 0 spiro atoms. The molecule has 1 rings (SSSR count). The van der Waals surface area contributed by atoms with Gasteiger partial charge in [-0.05, 0) is 45.1 Å². The summed E-state index contributed by atoms with van der Waals surface area (Å²) in [6.45, 7) is 13.0. The monoisotopic (exact) mass is 337 g/mol. The predicted molar refractivity (Wildman–Crippen MR) is 101 cm³/mol. The van der Waals surface area contributed by atoms with E-state index >= 15 is 0 Å². The lowest BCUT2D eigenvalue weighted by Gasteiger charge is -2.18. The second-order valence-corrected chi connectivity index (χ2v) is 6.82. The molecule has 0 fully saturated rings. The van der Waals surface area contributed by atoms with Crippen molar-refractivity contribution in [2.45, 2.75) is 53.5 Å². The number of rotatable bonds is 9. The maximum Gasteiger partial charge on any atom is 0.191 e. The van der Waals surface area contributed by atoms with E-state index in [1.165, 1.54) is 11.3 Å². The fraction of sp³-hybridized carbons (Fsp3) is 0.778. The first-order valence-electron chi connectivity index (χ1n) is 8.89. The van der Waals surface area contributed by atoms with Crippen LogP contribution in [0.4, 0.5) is 0 Å². The van der Waals surface area contributed by atoms with E-state index in [9.17, 15) is 0 Å². The minimum absolute atomic E-state index is 0.277. The third-order valence-corrected chi connectivity index (χ3v) is 4.15. The van der Waals surface area contributed by atoms with Crippen molar-refractivity contribution in [1.29, 1.82) is 0 Å². The number of aromatic nitrogens is 2. The highest BCUT2D eigenvalue weighted by atomic mass is 16.5. The predicted octanol–water partition coefficient (Wildman–Crippen LogP) is 2.20. The molecular formula is C18H35N5O. The Kier molecular flexibility index (Phi) is 8.82. The molecule has 2 N–H and O–H groups in total. The van der Waals surface area contributed by atoms with Gasteiger partial charge in [-0.1, -0.05) is 13.8 Å². The van der Waals surface area contributed by atoms with E-state index in [4.69, 9.17) is 4.74 Å². The van der Waals surface area contributed by atoms with Crippen LogP contribution in [0.3, 0.4) is 0 Å². The first-order chi connectivity index (χ1) is 11.3. The van der Waals surface area contributed by atoms with Gasteiger partial charge in [-0.2, -0.15) is 5.10 Å². The second kappa shape index (κ2) is 10.3. The average molecular weight is 338 g/mol. The van der Waals surface area contributed by atoms with E-state index in [1.54, 1.807) is 7.05 Å². The molecule has 1 aromatic heterocycles. The maximum atomic E-state index is 5.62. The number of nitrogens with zero attached hydrogens (tertiary/aromatic N) is 3. The molecule has 0 saturated heterocycles. The summed E-state index contributed by atoms with van der Waals surface area (Å²) >= 11 is 0. The molecule has 138 valence electrons. The number of aliphatic imine (C=N–C) groups is 1. The van der Waals surface area contributed by atoms with Gasteiger partial charge < -0.3 is 15.4 Å². The van der Waals surface area contributed by atoms with Gasteiger partial charge in [0.2, 0.25) is 0 Å². The highest BCUT2D eigenvalue weighted by Gasteiger charge is 2.13. The van der Waals surface area contributed by atoms with Crippen molar-refractivity contribution in [3.05, 3.63) is 17.0 Å². The van der Waals surface area contributed by atoms with Crippen LogP contribution in [0.5, 0.6) is 0 Å². The summed E-state index contributed by atoms with van der Waals surface area (Å²) < 4.78 is 7.56. The molecule has 0 aromatic carbocycles. The third-order valence-electron chi connectivity index (χ3n) is 4.15. The van der Waals surface area contributed by atoms with Crippen LogP contribution in [-0.4, -0.2) is 48.6 Å². The third kappa shape index (κ3) is 6.91. The van der Waals surface area contributed by atoms with Gasteiger partial charge in [0.25, 0.3) is 0 Å². The molecule has 1 atom stereocenters. The van der Waals surface area contributed by atoms with Crippen molar-refractivity contribution in [1.82, 2.24) is 20.4 Å². The van der Waals surface area contributed by atoms with Gasteiger partial charge in [0.05, 0.1) is 12.3 Å². The second-order valence-electron chi connectivity index (χ2n) is 6.82. The number of hydrogen-bond acceptors (Lipinski definition) is 3. The summed E-state index contributed by atoms with van der Waals surface area (Å²) in [6.07, 6.45) is 2.03. The Hall–Kier alpha value is -1.56. The van der Waals surface area contributed by atoms with Gasteiger partial charge in [0, 0.05) is 39.0 Å². The van der Waals surface area contributed by atoms with E-state index in [2.05, 4.69) is 55.3 Å². The lowest BCUT2D eigenvalue weighted by molar-refractivity contribution is 0.128. The smallest absolute Gasteiger partial charge is 0.191 e. The summed E-state index contributed by atoms with van der Waals surface area (Å²) in [5.74, 6) is 1.50. The standard InChI is InChI=1S/C18H35N5O/c1-13(2)8-10-24-11-9-20-18(19-6)21-14(3)12-17-15(4)22-23(7)16(17)5/h13-14H,8-12H2,1-7H3,(H2,19,20,21). The molecule has 0 aliphatic rings. The van der Waals surface area contributed by atoms with E-state index < -0.39 is 0 Å². The summed E-state index contributed by atoms with van der Waals surface area (Å²) in [7, 11) is 3.78. The minimum atomic E-state index is 0.277. The van der Waals surface area contributed by atoms with Crippen LogP contribution in [-0.2, 0) is 18.2 Å². The van der Waals surface area contributed by atoms with Crippen LogP contribution in [0.15, 0.2) is 4.99 Å². The highest BCUT2D eigenvalue weighted by molar-refractivity contribution is 5.79.